The predicted octanol–water partition coefficient (Wildman–Crippen LogP) is 2.68. The molecule has 2 aliphatic rings. The highest BCUT2D eigenvalue weighted by Gasteiger charge is 2.39. The Bertz CT molecular complexity index is 519. The maximum Gasteiger partial charge on any atom is 0.251 e. The number of hydrogen-bond donors (Lipinski definition) is 0. The molecule has 1 aromatic rings. The van der Waals surface area contributed by atoms with Crippen LogP contribution in [-0.2, 0) is 16.1 Å². The molecule has 0 aliphatic carbocycles. The molecule has 4 nitrogen and oxygen atoms in total. The molecule has 2 fully saturated rings. The van der Waals surface area contributed by atoms with Crippen molar-refractivity contribution >= 4 is 5.91 Å². The Balaban J connectivity index is 1.57. The Morgan fingerprint density at radius 2 is 1.87 bits per heavy atom. The van der Waals surface area contributed by atoms with Gasteiger partial charge in [-0.2, -0.15) is 0 Å². The van der Waals surface area contributed by atoms with E-state index in [0.717, 1.165) is 31.5 Å². The zero-order chi connectivity index (χ0) is 16.2. The topological polar surface area (TPSA) is 32.8 Å². The highest BCUT2D eigenvalue weighted by atomic mass is 16.5. The van der Waals surface area contributed by atoms with E-state index < -0.39 is 0 Å². The lowest BCUT2D eigenvalue weighted by Gasteiger charge is -2.34. The van der Waals surface area contributed by atoms with Crippen molar-refractivity contribution in [3.8, 4) is 0 Å². The molecule has 1 amide bonds. The summed E-state index contributed by atoms with van der Waals surface area (Å²) in [6.07, 6.45) is 4.34. The van der Waals surface area contributed by atoms with Gasteiger partial charge in [-0.25, -0.2) is 0 Å². The number of likely N-dealkylation sites (tertiary alicyclic amines) is 2. The van der Waals surface area contributed by atoms with E-state index in [9.17, 15) is 4.79 Å². The molecule has 3 rings (SSSR count). The maximum absolute atomic E-state index is 12.8. The summed E-state index contributed by atoms with van der Waals surface area (Å²) in [5.41, 5.74) is 1.11. The maximum atomic E-state index is 12.8. The van der Waals surface area contributed by atoms with E-state index in [0.29, 0.717) is 18.7 Å². The molecule has 4 heteroatoms. The second-order valence-electron chi connectivity index (χ2n) is 6.87. The molecule has 0 N–H and O–H groups in total. The SMILES string of the molecule is C[C@H](OCc1ccccc1)C(=O)N1CCC[C@@H]1[C@@H]1CCCN1C. The van der Waals surface area contributed by atoms with E-state index in [1.807, 2.05) is 37.3 Å². The van der Waals surface area contributed by atoms with Crippen LogP contribution in [0.25, 0.3) is 0 Å². The Kier molecular flexibility index (Phi) is 5.34. The van der Waals surface area contributed by atoms with Gasteiger partial charge in [0.2, 0.25) is 0 Å². The lowest BCUT2D eigenvalue weighted by molar-refractivity contribution is -0.145. The van der Waals surface area contributed by atoms with Crippen LogP contribution in [0.3, 0.4) is 0 Å². The highest BCUT2D eigenvalue weighted by Crippen LogP contribution is 2.29. The fourth-order valence-corrected chi connectivity index (χ4v) is 3.99. The molecule has 0 aromatic heterocycles. The monoisotopic (exact) mass is 316 g/mol. The smallest absolute Gasteiger partial charge is 0.251 e. The molecule has 3 atom stereocenters. The van der Waals surface area contributed by atoms with Crippen molar-refractivity contribution in [3.05, 3.63) is 35.9 Å². The summed E-state index contributed by atoms with van der Waals surface area (Å²) in [7, 11) is 2.19. The molecular weight excluding hydrogens is 288 g/mol. The number of benzene rings is 1. The van der Waals surface area contributed by atoms with Crippen molar-refractivity contribution < 1.29 is 9.53 Å². The van der Waals surface area contributed by atoms with Crippen LogP contribution >= 0.6 is 0 Å². The Labute approximate surface area is 139 Å². The van der Waals surface area contributed by atoms with Crippen LogP contribution in [0.4, 0.5) is 0 Å². The van der Waals surface area contributed by atoms with Gasteiger partial charge in [-0.3, -0.25) is 4.79 Å². The van der Waals surface area contributed by atoms with Crippen molar-refractivity contribution in [2.75, 3.05) is 20.1 Å². The second kappa shape index (κ2) is 7.45. The third-order valence-electron chi connectivity index (χ3n) is 5.29. The Hall–Kier alpha value is -1.39. The summed E-state index contributed by atoms with van der Waals surface area (Å²) in [5.74, 6) is 0.156. The first kappa shape index (κ1) is 16.5. The van der Waals surface area contributed by atoms with Gasteiger partial charge in [0, 0.05) is 18.6 Å². The van der Waals surface area contributed by atoms with Gasteiger partial charge in [-0.05, 0) is 51.8 Å². The first-order chi connectivity index (χ1) is 11.2. The minimum absolute atomic E-state index is 0.156. The van der Waals surface area contributed by atoms with Gasteiger partial charge in [0.25, 0.3) is 5.91 Å². The van der Waals surface area contributed by atoms with Crippen LogP contribution in [0, 0.1) is 0 Å². The van der Waals surface area contributed by atoms with Gasteiger partial charge >= 0.3 is 0 Å². The molecule has 0 unspecified atom stereocenters. The van der Waals surface area contributed by atoms with E-state index in [4.69, 9.17) is 4.74 Å². The van der Waals surface area contributed by atoms with Crippen LogP contribution in [0.1, 0.15) is 38.2 Å². The fraction of sp³-hybridized carbons (Fsp3) is 0.632. The van der Waals surface area contributed by atoms with E-state index in [-0.39, 0.29) is 12.0 Å². The lowest BCUT2D eigenvalue weighted by Crippen LogP contribution is -2.50. The van der Waals surface area contributed by atoms with E-state index in [2.05, 4.69) is 16.8 Å². The summed E-state index contributed by atoms with van der Waals surface area (Å²) in [4.78, 5) is 17.3. The number of hydrogen-bond acceptors (Lipinski definition) is 3. The van der Waals surface area contributed by atoms with Crippen molar-refractivity contribution in [2.45, 2.75) is 57.4 Å². The van der Waals surface area contributed by atoms with Crippen LogP contribution in [0.15, 0.2) is 30.3 Å². The number of ether oxygens (including phenoxy) is 1. The number of carbonyl (C=O) groups excluding carboxylic acids is 1. The molecular formula is C19H28N2O2. The van der Waals surface area contributed by atoms with Gasteiger partial charge in [-0.15, -0.1) is 0 Å². The fourth-order valence-electron chi connectivity index (χ4n) is 3.99. The molecule has 0 saturated carbocycles. The third-order valence-corrected chi connectivity index (χ3v) is 5.29. The normalized spacial score (nSPS) is 26.6. The van der Waals surface area contributed by atoms with Gasteiger partial charge in [-0.1, -0.05) is 30.3 Å². The average molecular weight is 316 g/mol. The molecule has 23 heavy (non-hydrogen) atoms. The minimum atomic E-state index is -0.373. The molecule has 126 valence electrons. The third kappa shape index (κ3) is 3.75. The molecule has 2 saturated heterocycles. The Morgan fingerprint density at radius 1 is 1.17 bits per heavy atom. The quantitative estimate of drug-likeness (QED) is 0.837. The standard InChI is InChI=1S/C19H28N2O2/c1-15(23-14-16-8-4-3-5-9-16)19(22)21-13-7-11-18(21)17-10-6-12-20(17)2/h3-5,8-9,15,17-18H,6-7,10-14H2,1-2H3/t15-,17-,18+/m0/s1. The first-order valence-corrected chi connectivity index (χ1v) is 8.83. The highest BCUT2D eigenvalue weighted by molar-refractivity contribution is 5.81. The van der Waals surface area contributed by atoms with Gasteiger partial charge in [0.1, 0.15) is 6.10 Å². The van der Waals surface area contributed by atoms with Crippen molar-refractivity contribution in [1.29, 1.82) is 0 Å². The number of carbonyl (C=O) groups is 1. The summed E-state index contributed by atoms with van der Waals surface area (Å²) in [6.45, 7) is 4.42. The number of likely N-dealkylation sites (N-methyl/N-ethyl adjacent to an activating group) is 1. The van der Waals surface area contributed by atoms with E-state index in [1.165, 1.54) is 12.8 Å². The summed E-state index contributed by atoms with van der Waals surface area (Å²) >= 11 is 0. The molecule has 2 aliphatic heterocycles. The zero-order valence-corrected chi connectivity index (χ0v) is 14.3. The largest absolute Gasteiger partial charge is 0.364 e. The van der Waals surface area contributed by atoms with Crippen LogP contribution in [0.5, 0.6) is 0 Å². The zero-order valence-electron chi connectivity index (χ0n) is 14.3. The summed E-state index contributed by atoms with van der Waals surface area (Å²) in [5, 5.41) is 0. The minimum Gasteiger partial charge on any atom is -0.364 e. The summed E-state index contributed by atoms with van der Waals surface area (Å²) in [6, 6.07) is 11.0. The second-order valence-corrected chi connectivity index (χ2v) is 6.87. The van der Waals surface area contributed by atoms with E-state index >= 15 is 0 Å². The van der Waals surface area contributed by atoms with Crippen LogP contribution < -0.4 is 0 Å². The van der Waals surface area contributed by atoms with Gasteiger partial charge < -0.3 is 14.5 Å². The molecule has 0 bridgehead atoms. The lowest BCUT2D eigenvalue weighted by atomic mass is 10.0. The molecule has 1 aromatic carbocycles. The Morgan fingerprint density at radius 3 is 2.57 bits per heavy atom. The van der Waals surface area contributed by atoms with Crippen molar-refractivity contribution in [2.24, 2.45) is 0 Å². The number of amides is 1. The average Bonchev–Trinajstić information content (AvgIpc) is 3.21. The number of nitrogens with zero attached hydrogens (tertiary/aromatic N) is 2. The molecule has 0 radical (unpaired) electrons. The summed E-state index contributed by atoms with van der Waals surface area (Å²) < 4.78 is 5.84. The number of rotatable bonds is 5. The predicted molar refractivity (Wildman–Crippen MR) is 91.1 cm³/mol. The van der Waals surface area contributed by atoms with Crippen LogP contribution in [0.2, 0.25) is 0 Å². The first-order valence-electron chi connectivity index (χ1n) is 8.83. The van der Waals surface area contributed by atoms with Gasteiger partial charge in [0.05, 0.1) is 6.61 Å². The molecule has 0 spiro atoms. The van der Waals surface area contributed by atoms with Gasteiger partial charge in [0.15, 0.2) is 0 Å². The van der Waals surface area contributed by atoms with E-state index in [1.54, 1.807) is 0 Å². The van der Waals surface area contributed by atoms with Crippen molar-refractivity contribution in [3.63, 3.8) is 0 Å². The molecule has 2 heterocycles. The van der Waals surface area contributed by atoms with Crippen molar-refractivity contribution in [1.82, 2.24) is 9.80 Å². The van der Waals surface area contributed by atoms with Crippen LogP contribution in [-0.4, -0.2) is 54.0 Å².